The molecule has 1 aromatic carbocycles. The monoisotopic (exact) mass is 220 g/mol. The number of hydrogen-bond donors (Lipinski definition) is 3. The molecule has 86 valence electrons. The van der Waals surface area contributed by atoms with Gasteiger partial charge < -0.3 is 16.2 Å². The fourth-order valence-electron chi connectivity index (χ4n) is 1.18. The van der Waals surface area contributed by atoms with Crippen LogP contribution in [-0.4, -0.2) is 17.6 Å². The summed E-state index contributed by atoms with van der Waals surface area (Å²) in [5.41, 5.74) is 6.65. The fraction of sp³-hybridized carbons (Fsp3) is 0.250. The molecule has 16 heavy (non-hydrogen) atoms. The molecule has 4 N–H and O–H groups in total. The second kappa shape index (κ2) is 5.80. The summed E-state index contributed by atoms with van der Waals surface area (Å²) in [6, 6.07) is 4.71. The zero-order valence-corrected chi connectivity index (χ0v) is 9.23. The number of aromatic hydroxyl groups is 1. The molecule has 4 nitrogen and oxygen atoms in total. The van der Waals surface area contributed by atoms with Crippen molar-refractivity contribution in [2.45, 2.75) is 13.3 Å². The van der Waals surface area contributed by atoms with Gasteiger partial charge in [-0.05, 0) is 30.7 Å². The van der Waals surface area contributed by atoms with E-state index in [9.17, 15) is 9.90 Å². The Hall–Kier alpha value is -1.97. The summed E-state index contributed by atoms with van der Waals surface area (Å²) in [4.78, 5) is 11.3. The third-order valence-corrected chi connectivity index (χ3v) is 2.02. The standard InChI is InChI=1S/C12H16N2O2/c1-2-7-14-12(16)6-3-9-8-10(13)4-5-11(9)15/h3-6,8,15H,2,7,13H2,1H3,(H,14,16). The molecule has 1 aromatic rings. The van der Waals surface area contributed by atoms with Gasteiger partial charge in [0.2, 0.25) is 5.91 Å². The van der Waals surface area contributed by atoms with Gasteiger partial charge in [0, 0.05) is 23.9 Å². The third-order valence-electron chi connectivity index (χ3n) is 2.02. The van der Waals surface area contributed by atoms with Crippen LogP contribution in [0.2, 0.25) is 0 Å². The van der Waals surface area contributed by atoms with Crippen molar-refractivity contribution in [1.82, 2.24) is 5.32 Å². The van der Waals surface area contributed by atoms with E-state index in [0.717, 1.165) is 6.42 Å². The Balaban J connectivity index is 2.68. The van der Waals surface area contributed by atoms with Gasteiger partial charge in [0.25, 0.3) is 0 Å². The lowest BCUT2D eigenvalue weighted by Crippen LogP contribution is -2.21. The van der Waals surface area contributed by atoms with Crippen molar-refractivity contribution < 1.29 is 9.90 Å². The summed E-state index contributed by atoms with van der Waals surface area (Å²) in [6.45, 7) is 2.62. The molecule has 0 aliphatic carbocycles. The molecule has 0 bridgehead atoms. The van der Waals surface area contributed by atoms with Crippen molar-refractivity contribution in [1.29, 1.82) is 0 Å². The van der Waals surface area contributed by atoms with Crippen molar-refractivity contribution in [2.75, 3.05) is 12.3 Å². The number of benzene rings is 1. The van der Waals surface area contributed by atoms with Crippen LogP contribution in [0.15, 0.2) is 24.3 Å². The van der Waals surface area contributed by atoms with Gasteiger partial charge in [-0.1, -0.05) is 6.92 Å². The van der Waals surface area contributed by atoms with Crippen molar-refractivity contribution >= 4 is 17.7 Å². The molecule has 0 unspecified atom stereocenters. The van der Waals surface area contributed by atoms with Crippen LogP contribution in [0.3, 0.4) is 0 Å². The number of hydrogen-bond acceptors (Lipinski definition) is 3. The zero-order chi connectivity index (χ0) is 12.0. The number of phenols is 1. The summed E-state index contributed by atoms with van der Waals surface area (Å²) in [5.74, 6) is -0.0718. The van der Waals surface area contributed by atoms with Gasteiger partial charge in [-0.25, -0.2) is 0 Å². The predicted molar refractivity (Wildman–Crippen MR) is 64.9 cm³/mol. The van der Waals surface area contributed by atoms with Gasteiger partial charge >= 0.3 is 0 Å². The highest BCUT2D eigenvalue weighted by atomic mass is 16.3. The second-order valence-electron chi connectivity index (χ2n) is 3.44. The number of nitrogens with two attached hydrogens (primary N) is 1. The molecule has 0 radical (unpaired) electrons. The van der Waals surface area contributed by atoms with Crippen LogP contribution in [0.5, 0.6) is 5.75 Å². The molecule has 0 atom stereocenters. The van der Waals surface area contributed by atoms with Crippen LogP contribution in [-0.2, 0) is 4.79 Å². The highest BCUT2D eigenvalue weighted by molar-refractivity contribution is 5.92. The van der Waals surface area contributed by atoms with E-state index in [-0.39, 0.29) is 11.7 Å². The van der Waals surface area contributed by atoms with Crippen LogP contribution in [0.1, 0.15) is 18.9 Å². The Bertz CT molecular complexity index is 400. The van der Waals surface area contributed by atoms with Crippen LogP contribution in [0, 0.1) is 0 Å². The number of amides is 1. The summed E-state index contributed by atoms with van der Waals surface area (Å²) < 4.78 is 0. The molecule has 0 fully saturated rings. The van der Waals surface area contributed by atoms with E-state index < -0.39 is 0 Å². The molecule has 0 spiro atoms. The maximum absolute atomic E-state index is 11.3. The smallest absolute Gasteiger partial charge is 0.244 e. The minimum atomic E-state index is -0.177. The fourth-order valence-corrected chi connectivity index (χ4v) is 1.18. The predicted octanol–water partition coefficient (Wildman–Crippen LogP) is 1.51. The van der Waals surface area contributed by atoms with E-state index >= 15 is 0 Å². The van der Waals surface area contributed by atoms with E-state index in [4.69, 9.17) is 5.73 Å². The SMILES string of the molecule is CCCNC(=O)C=Cc1cc(N)ccc1O. The van der Waals surface area contributed by atoms with Crippen LogP contribution in [0.25, 0.3) is 6.08 Å². The lowest BCUT2D eigenvalue weighted by Gasteiger charge is -2.01. The topological polar surface area (TPSA) is 75.4 Å². The average Bonchev–Trinajstić information content (AvgIpc) is 2.27. The van der Waals surface area contributed by atoms with Gasteiger partial charge in [-0.2, -0.15) is 0 Å². The number of phenolic OH excluding ortho intramolecular Hbond substituents is 1. The van der Waals surface area contributed by atoms with Gasteiger partial charge in [0.1, 0.15) is 5.75 Å². The van der Waals surface area contributed by atoms with E-state index in [1.165, 1.54) is 18.2 Å². The number of carbonyl (C=O) groups is 1. The molecule has 0 heterocycles. The normalized spacial score (nSPS) is 10.6. The summed E-state index contributed by atoms with van der Waals surface area (Å²) >= 11 is 0. The van der Waals surface area contributed by atoms with E-state index in [1.54, 1.807) is 12.1 Å². The van der Waals surface area contributed by atoms with E-state index in [2.05, 4.69) is 5.32 Å². The molecule has 0 aliphatic rings. The summed E-state index contributed by atoms with van der Waals surface area (Å²) in [6.07, 6.45) is 3.81. The summed E-state index contributed by atoms with van der Waals surface area (Å²) in [5, 5.41) is 12.2. The Morgan fingerprint density at radius 2 is 2.31 bits per heavy atom. The molecule has 0 saturated heterocycles. The quantitative estimate of drug-likeness (QED) is 0.409. The van der Waals surface area contributed by atoms with E-state index in [0.29, 0.717) is 17.8 Å². The van der Waals surface area contributed by atoms with Gasteiger partial charge in [0.05, 0.1) is 0 Å². The molecular weight excluding hydrogens is 204 g/mol. The first-order valence-electron chi connectivity index (χ1n) is 5.18. The molecule has 4 heteroatoms. The van der Waals surface area contributed by atoms with E-state index in [1.807, 2.05) is 6.92 Å². The molecule has 1 amide bonds. The minimum Gasteiger partial charge on any atom is -0.507 e. The van der Waals surface area contributed by atoms with Gasteiger partial charge in [-0.3, -0.25) is 4.79 Å². The van der Waals surface area contributed by atoms with Crippen molar-refractivity contribution in [3.8, 4) is 5.75 Å². The number of rotatable bonds is 4. The van der Waals surface area contributed by atoms with Crippen LogP contribution in [0.4, 0.5) is 5.69 Å². The van der Waals surface area contributed by atoms with Gasteiger partial charge in [0.15, 0.2) is 0 Å². The lowest BCUT2D eigenvalue weighted by molar-refractivity contribution is -0.116. The number of nitrogens with one attached hydrogen (secondary N) is 1. The van der Waals surface area contributed by atoms with Crippen molar-refractivity contribution in [3.05, 3.63) is 29.8 Å². The maximum atomic E-state index is 11.3. The molecule has 0 aliphatic heterocycles. The van der Waals surface area contributed by atoms with Gasteiger partial charge in [-0.15, -0.1) is 0 Å². The lowest BCUT2D eigenvalue weighted by atomic mass is 10.1. The third kappa shape index (κ3) is 3.65. The first-order chi connectivity index (χ1) is 7.63. The first-order valence-corrected chi connectivity index (χ1v) is 5.18. The largest absolute Gasteiger partial charge is 0.507 e. The van der Waals surface area contributed by atoms with Crippen molar-refractivity contribution in [2.24, 2.45) is 0 Å². The highest BCUT2D eigenvalue weighted by Gasteiger charge is 1.98. The first kappa shape index (κ1) is 12.1. The second-order valence-corrected chi connectivity index (χ2v) is 3.44. The maximum Gasteiger partial charge on any atom is 0.244 e. The number of nitrogen functional groups attached to an aromatic ring is 1. The average molecular weight is 220 g/mol. The Morgan fingerprint density at radius 3 is 3.00 bits per heavy atom. The van der Waals surface area contributed by atoms with Crippen molar-refractivity contribution in [3.63, 3.8) is 0 Å². The molecule has 0 saturated carbocycles. The molecule has 1 rings (SSSR count). The Labute approximate surface area is 94.8 Å². The Morgan fingerprint density at radius 1 is 1.56 bits per heavy atom. The Kier molecular flexibility index (Phi) is 4.39. The number of carbonyl (C=O) groups excluding carboxylic acids is 1. The highest BCUT2D eigenvalue weighted by Crippen LogP contribution is 2.20. The number of anilines is 1. The molecule has 0 aromatic heterocycles. The zero-order valence-electron chi connectivity index (χ0n) is 9.23. The molecular formula is C12H16N2O2. The summed E-state index contributed by atoms with van der Waals surface area (Å²) in [7, 11) is 0. The van der Waals surface area contributed by atoms with Crippen LogP contribution >= 0.6 is 0 Å². The van der Waals surface area contributed by atoms with Crippen LogP contribution < -0.4 is 11.1 Å². The minimum absolute atomic E-state index is 0.105.